The second kappa shape index (κ2) is 8.09. The molecule has 0 heterocycles. The van der Waals surface area contributed by atoms with Crippen LogP contribution in [0.5, 0.6) is 0 Å². The first-order valence-corrected chi connectivity index (χ1v) is 6.92. The smallest absolute Gasteiger partial charge is 0.322 e. The Hall–Kier alpha value is -2.30. The maximum absolute atomic E-state index is 12.4. The van der Waals surface area contributed by atoms with Crippen LogP contribution in [0.1, 0.15) is 25.3 Å². The Labute approximate surface area is 125 Å². The molecule has 2 N–H and O–H groups in total. The Balaban J connectivity index is 2.91. The molecule has 1 rings (SSSR count). The van der Waals surface area contributed by atoms with Gasteiger partial charge in [0.2, 0.25) is 0 Å². The molecule has 0 saturated heterocycles. The van der Waals surface area contributed by atoms with Gasteiger partial charge in [-0.1, -0.05) is 24.3 Å². The molecular weight excluding hydrogens is 268 g/mol. The van der Waals surface area contributed by atoms with Crippen molar-refractivity contribution in [3.05, 3.63) is 42.5 Å². The van der Waals surface area contributed by atoms with Crippen LogP contribution in [0.4, 0.5) is 10.5 Å². The lowest BCUT2D eigenvalue weighted by molar-refractivity contribution is -0.136. The minimum atomic E-state index is -0.930. The van der Waals surface area contributed by atoms with E-state index in [-0.39, 0.29) is 25.0 Å². The van der Waals surface area contributed by atoms with Crippen molar-refractivity contribution in [1.29, 1.82) is 0 Å². The number of aliphatic carboxylic acids is 1. The van der Waals surface area contributed by atoms with Gasteiger partial charge in [-0.05, 0) is 31.9 Å². The van der Waals surface area contributed by atoms with Crippen molar-refractivity contribution in [2.45, 2.75) is 32.7 Å². The number of carbonyl (C=O) groups excluding carboxylic acids is 1. The van der Waals surface area contributed by atoms with Crippen molar-refractivity contribution in [2.75, 3.05) is 11.4 Å². The quantitative estimate of drug-likeness (QED) is 0.758. The zero-order chi connectivity index (χ0) is 15.8. The minimum Gasteiger partial charge on any atom is -0.481 e. The summed E-state index contributed by atoms with van der Waals surface area (Å²) in [6.07, 6.45) is 2.30. The van der Waals surface area contributed by atoms with E-state index in [1.807, 2.05) is 38.1 Å². The Morgan fingerprint density at radius 2 is 2.10 bits per heavy atom. The number of urea groups is 1. The number of amides is 2. The number of benzene rings is 1. The van der Waals surface area contributed by atoms with Crippen molar-refractivity contribution in [1.82, 2.24) is 5.32 Å². The number of hydrogen-bond donors (Lipinski definition) is 2. The molecule has 2 amide bonds. The van der Waals surface area contributed by atoms with Crippen LogP contribution in [0.25, 0.3) is 0 Å². The number of aryl methyl sites for hydroxylation is 1. The Morgan fingerprint density at radius 3 is 2.67 bits per heavy atom. The maximum Gasteiger partial charge on any atom is 0.322 e. The molecule has 5 nitrogen and oxygen atoms in total. The van der Waals surface area contributed by atoms with Gasteiger partial charge in [-0.2, -0.15) is 0 Å². The van der Waals surface area contributed by atoms with E-state index in [1.54, 1.807) is 6.08 Å². The van der Waals surface area contributed by atoms with Crippen LogP contribution in [-0.4, -0.2) is 29.7 Å². The summed E-state index contributed by atoms with van der Waals surface area (Å²) in [5, 5.41) is 11.7. The van der Waals surface area contributed by atoms with Gasteiger partial charge < -0.3 is 10.4 Å². The van der Waals surface area contributed by atoms with E-state index in [0.29, 0.717) is 6.42 Å². The average Bonchev–Trinajstić information content (AvgIpc) is 2.40. The second-order valence-corrected chi connectivity index (χ2v) is 4.96. The van der Waals surface area contributed by atoms with Gasteiger partial charge in [0.1, 0.15) is 0 Å². The SMILES string of the molecule is C=CCC(C)NC(=O)N(CCC(=O)O)c1ccccc1C. The number of carbonyl (C=O) groups is 2. The summed E-state index contributed by atoms with van der Waals surface area (Å²) in [7, 11) is 0. The summed E-state index contributed by atoms with van der Waals surface area (Å²) in [6, 6.07) is 7.08. The van der Waals surface area contributed by atoms with Crippen LogP contribution >= 0.6 is 0 Å². The third-order valence-electron chi connectivity index (χ3n) is 3.09. The molecule has 5 heteroatoms. The molecule has 114 valence electrons. The first kappa shape index (κ1) is 16.8. The van der Waals surface area contributed by atoms with Gasteiger partial charge in [-0.15, -0.1) is 6.58 Å². The molecule has 0 saturated carbocycles. The number of carboxylic acid groups (broad SMARTS) is 1. The van der Waals surface area contributed by atoms with Crippen LogP contribution < -0.4 is 10.2 Å². The lowest BCUT2D eigenvalue weighted by Crippen LogP contribution is -2.45. The van der Waals surface area contributed by atoms with Gasteiger partial charge in [0.05, 0.1) is 6.42 Å². The van der Waals surface area contributed by atoms with E-state index in [1.165, 1.54) is 4.90 Å². The highest BCUT2D eigenvalue weighted by Gasteiger charge is 2.19. The molecule has 0 aliphatic rings. The predicted octanol–water partition coefficient (Wildman–Crippen LogP) is 2.95. The monoisotopic (exact) mass is 290 g/mol. The molecule has 0 aromatic heterocycles. The summed E-state index contributed by atoms with van der Waals surface area (Å²) < 4.78 is 0. The van der Waals surface area contributed by atoms with Crippen LogP contribution in [-0.2, 0) is 4.79 Å². The molecule has 1 aromatic carbocycles. The van der Waals surface area contributed by atoms with Crippen molar-refractivity contribution in [3.8, 4) is 0 Å². The Kier molecular flexibility index (Phi) is 6.46. The van der Waals surface area contributed by atoms with Crippen LogP contribution in [0.15, 0.2) is 36.9 Å². The van der Waals surface area contributed by atoms with E-state index in [0.717, 1.165) is 11.3 Å². The minimum absolute atomic E-state index is 0.0497. The molecule has 0 radical (unpaired) electrons. The molecule has 0 aliphatic heterocycles. The molecule has 21 heavy (non-hydrogen) atoms. The van der Waals surface area contributed by atoms with Crippen LogP contribution in [0.3, 0.4) is 0 Å². The highest BCUT2D eigenvalue weighted by molar-refractivity contribution is 5.93. The number of rotatable bonds is 7. The number of hydrogen-bond acceptors (Lipinski definition) is 2. The molecule has 0 aliphatic carbocycles. The van der Waals surface area contributed by atoms with E-state index >= 15 is 0 Å². The standard InChI is InChI=1S/C16H22N2O3/c1-4-7-13(3)17-16(21)18(11-10-15(19)20)14-9-6-5-8-12(14)2/h4-6,8-9,13H,1,7,10-11H2,2-3H3,(H,17,21)(H,19,20). The Bertz CT molecular complexity index is 514. The van der Waals surface area contributed by atoms with Crippen molar-refractivity contribution >= 4 is 17.7 Å². The normalized spacial score (nSPS) is 11.5. The molecular formula is C16H22N2O3. The summed E-state index contributed by atoms with van der Waals surface area (Å²) in [5.74, 6) is -0.930. The number of para-hydroxylation sites is 1. The molecule has 0 fully saturated rings. The number of nitrogens with one attached hydrogen (secondary N) is 1. The fourth-order valence-electron chi connectivity index (χ4n) is 2.00. The van der Waals surface area contributed by atoms with Crippen LogP contribution in [0, 0.1) is 6.92 Å². The maximum atomic E-state index is 12.4. The lowest BCUT2D eigenvalue weighted by atomic mass is 10.1. The largest absolute Gasteiger partial charge is 0.481 e. The molecule has 1 unspecified atom stereocenters. The number of nitrogens with zero attached hydrogens (tertiary/aromatic N) is 1. The molecule has 1 atom stereocenters. The van der Waals surface area contributed by atoms with Gasteiger partial charge >= 0.3 is 12.0 Å². The topological polar surface area (TPSA) is 69.6 Å². The van der Waals surface area contributed by atoms with Crippen LogP contribution in [0.2, 0.25) is 0 Å². The first-order chi connectivity index (χ1) is 9.95. The zero-order valence-electron chi connectivity index (χ0n) is 12.5. The highest BCUT2D eigenvalue weighted by Crippen LogP contribution is 2.20. The first-order valence-electron chi connectivity index (χ1n) is 6.92. The predicted molar refractivity (Wildman–Crippen MR) is 83.6 cm³/mol. The average molecular weight is 290 g/mol. The van der Waals surface area contributed by atoms with Crippen molar-refractivity contribution in [3.63, 3.8) is 0 Å². The highest BCUT2D eigenvalue weighted by atomic mass is 16.4. The number of anilines is 1. The van der Waals surface area contributed by atoms with Gasteiger partial charge in [0, 0.05) is 18.3 Å². The zero-order valence-corrected chi connectivity index (χ0v) is 12.5. The van der Waals surface area contributed by atoms with Gasteiger partial charge in [-0.3, -0.25) is 9.69 Å². The summed E-state index contributed by atoms with van der Waals surface area (Å²) in [5.41, 5.74) is 1.65. The van der Waals surface area contributed by atoms with E-state index < -0.39 is 5.97 Å². The lowest BCUT2D eigenvalue weighted by Gasteiger charge is -2.26. The fraction of sp³-hybridized carbons (Fsp3) is 0.375. The van der Waals surface area contributed by atoms with E-state index in [2.05, 4.69) is 11.9 Å². The van der Waals surface area contributed by atoms with Gasteiger partial charge in [0.15, 0.2) is 0 Å². The summed E-state index contributed by atoms with van der Waals surface area (Å²) in [6.45, 7) is 7.55. The molecule has 0 bridgehead atoms. The third kappa shape index (κ3) is 5.30. The van der Waals surface area contributed by atoms with Crippen molar-refractivity contribution in [2.24, 2.45) is 0 Å². The summed E-state index contributed by atoms with van der Waals surface area (Å²) in [4.78, 5) is 24.7. The second-order valence-electron chi connectivity index (χ2n) is 4.96. The molecule has 1 aromatic rings. The fourth-order valence-corrected chi connectivity index (χ4v) is 2.00. The van der Waals surface area contributed by atoms with Gasteiger partial charge in [0.25, 0.3) is 0 Å². The van der Waals surface area contributed by atoms with Crippen molar-refractivity contribution < 1.29 is 14.7 Å². The van der Waals surface area contributed by atoms with E-state index in [9.17, 15) is 9.59 Å². The number of carboxylic acids is 1. The third-order valence-corrected chi connectivity index (χ3v) is 3.09. The Morgan fingerprint density at radius 1 is 1.43 bits per heavy atom. The molecule has 0 spiro atoms. The van der Waals surface area contributed by atoms with E-state index in [4.69, 9.17) is 5.11 Å². The van der Waals surface area contributed by atoms with Gasteiger partial charge in [-0.25, -0.2) is 4.79 Å². The summed E-state index contributed by atoms with van der Waals surface area (Å²) >= 11 is 0.